The third kappa shape index (κ3) is 4.40. The normalized spacial score (nSPS) is 11.5. The topological polar surface area (TPSA) is 107 Å². The molecule has 0 aliphatic rings. The van der Waals surface area contributed by atoms with E-state index in [-0.39, 0.29) is 17.9 Å². The first-order chi connectivity index (χ1) is 14.1. The van der Waals surface area contributed by atoms with Gasteiger partial charge in [-0.15, -0.1) is 0 Å². The molecule has 160 valence electrons. The smallest absolute Gasteiger partial charge is 0.434 e. The first kappa shape index (κ1) is 21.6. The lowest BCUT2D eigenvalue weighted by molar-refractivity contribution is -0.144. The Morgan fingerprint density at radius 1 is 1.23 bits per heavy atom. The minimum atomic E-state index is -4.71. The number of amides is 2. The van der Waals surface area contributed by atoms with Gasteiger partial charge in [-0.05, 0) is 35.0 Å². The van der Waals surface area contributed by atoms with Crippen LogP contribution in [0.5, 0.6) is 0 Å². The van der Waals surface area contributed by atoms with Crippen LogP contribution in [0.4, 0.5) is 18.9 Å². The lowest BCUT2D eigenvalue weighted by atomic mass is 10.3. The monoisotopic (exact) mass is 488 g/mol. The molecule has 3 rings (SSSR count). The molecule has 13 heteroatoms. The Morgan fingerprint density at radius 3 is 2.53 bits per heavy atom. The summed E-state index contributed by atoms with van der Waals surface area (Å²) in [4.78, 5) is 25.1. The highest BCUT2D eigenvalue weighted by Gasteiger charge is 2.39. The average molecular weight is 489 g/mol. The average Bonchev–Trinajstić information content (AvgIpc) is 3.38. The zero-order valence-corrected chi connectivity index (χ0v) is 17.3. The van der Waals surface area contributed by atoms with E-state index in [1.165, 1.54) is 17.1 Å². The molecule has 0 atom stereocenters. The molecule has 0 aliphatic heterocycles. The van der Waals surface area contributed by atoms with Crippen molar-refractivity contribution in [3.05, 3.63) is 51.9 Å². The number of aromatic nitrogens is 4. The van der Waals surface area contributed by atoms with Gasteiger partial charge in [0.1, 0.15) is 5.76 Å². The number of anilines is 1. The highest BCUT2D eigenvalue weighted by atomic mass is 79.9. The second-order valence-electron chi connectivity index (χ2n) is 6.10. The van der Waals surface area contributed by atoms with Crippen molar-refractivity contribution in [3.63, 3.8) is 0 Å². The Labute approximate surface area is 176 Å². The van der Waals surface area contributed by atoms with Crippen LogP contribution in [-0.4, -0.2) is 31.4 Å². The van der Waals surface area contributed by atoms with Crippen molar-refractivity contribution in [3.8, 4) is 0 Å². The van der Waals surface area contributed by atoms with Gasteiger partial charge in [0.05, 0.1) is 23.0 Å². The van der Waals surface area contributed by atoms with Gasteiger partial charge < -0.3 is 15.1 Å². The highest BCUT2D eigenvalue weighted by molar-refractivity contribution is 9.10. The molecule has 0 spiro atoms. The third-order valence-electron chi connectivity index (χ3n) is 4.03. The first-order valence-corrected chi connectivity index (χ1v) is 9.40. The van der Waals surface area contributed by atoms with Crippen molar-refractivity contribution in [2.75, 3.05) is 5.32 Å². The van der Waals surface area contributed by atoms with E-state index >= 15 is 0 Å². The maximum Gasteiger partial charge on any atom is 0.434 e. The molecular formula is C17H16BrF3N6O3. The van der Waals surface area contributed by atoms with E-state index in [1.54, 1.807) is 19.1 Å². The summed E-state index contributed by atoms with van der Waals surface area (Å²) in [7, 11) is 1.08. The van der Waals surface area contributed by atoms with Crippen LogP contribution < -0.4 is 10.6 Å². The molecule has 2 N–H and O–H groups in total. The van der Waals surface area contributed by atoms with Gasteiger partial charge in [-0.2, -0.15) is 23.4 Å². The van der Waals surface area contributed by atoms with Crippen LogP contribution in [0, 0.1) is 0 Å². The standard InChI is InChI=1S/C17H16BrF3N6O3/c1-3-27-8-10(12(25-27)15(28)22-7-9-5-4-6-30-9)23-16(29)13-11(18)14(17(19,20)21)26(2)24-13/h4-6,8H,3,7H2,1-2H3,(H,22,28)(H,23,29). The molecule has 9 nitrogen and oxygen atoms in total. The molecule has 0 fully saturated rings. The largest absolute Gasteiger partial charge is 0.467 e. The number of halogens is 4. The molecule has 2 amide bonds. The fraction of sp³-hybridized carbons (Fsp3) is 0.294. The number of nitrogens with zero attached hydrogens (tertiary/aromatic N) is 4. The Bertz CT molecular complexity index is 1070. The number of furan rings is 1. The number of carbonyl (C=O) groups is 2. The lowest BCUT2D eigenvalue weighted by Gasteiger charge is -2.06. The predicted molar refractivity (Wildman–Crippen MR) is 102 cm³/mol. The molecule has 0 saturated carbocycles. The van der Waals surface area contributed by atoms with Crippen molar-refractivity contribution in [2.24, 2.45) is 7.05 Å². The van der Waals surface area contributed by atoms with E-state index in [9.17, 15) is 22.8 Å². The van der Waals surface area contributed by atoms with E-state index in [0.717, 1.165) is 7.05 Å². The summed E-state index contributed by atoms with van der Waals surface area (Å²) in [6.07, 6.45) is -1.84. The van der Waals surface area contributed by atoms with Crippen LogP contribution in [0.1, 0.15) is 39.4 Å². The third-order valence-corrected chi connectivity index (χ3v) is 4.78. The van der Waals surface area contributed by atoms with E-state index < -0.39 is 33.9 Å². The van der Waals surface area contributed by atoms with Gasteiger partial charge in [-0.1, -0.05) is 0 Å². The van der Waals surface area contributed by atoms with Crippen molar-refractivity contribution in [2.45, 2.75) is 26.2 Å². The molecule has 0 radical (unpaired) electrons. The maximum absolute atomic E-state index is 13.1. The number of hydrogen-bond donors (Lipinski definition) is 2. The van der Waals surface area contributed by atoms with Crippen molar-refractivity contribution >= 4 is 33.4 Å². The van der Waals surface area contributed by atoms with Crippen LogP contribution in [0.25, 0.3) is 0 Å². The Balaban J connectivity index is 1.83. The summed E-state index contributed by atoms with van der Waals surface area (Å²) in [5, 5.41) is 12.8. The molecular weight excluding hydrogens is 473 g/mol. The zero-order valence-electron chi connectivity index (χ0n) is 15.7. The van der Waals surface area contributed by atoms with Gasteiger partial charge in [0.15, 0.2) is 17.1 Å². The van der Waals surface area contributed by atoms with Gasteiger partial charge in [0, 0.05) is 19.8 Å². The summed E-state index contributed by atoms with van der Waals surface area (Å²) in [6.45, 7) is 2.27. The Morgan fingerprint density at radius 2 is 1.97 bits per heavy atom. The van der Waals surface area contributed by atoms with Crippen LogP contribution in [0.15, 0.2) is 33.5 Å². The molecule has 0 aromatic carbocycles. The molecule has 0 aliphatic carbocycles. The number of carbonyl (C=O) groups excluding carboxylic acids is 2. The maximum atomic E-state index is 13.1. The fourth-order valence-corrected chi connectivity index (χ4v) is 3.38. The molecule has 0 unspecified atom stereocenters. The Kier molecular flexibility index (Phi) is 6.01. The predicted octanol–water partition coefficient (Wildman–Crippen LogP) is 3.19. The minimum absolute atomic E-state index is 0.0323. The van der Waals surface area contributed by atoms with Gasteiger partial charge in [0.2, 0.25) is 0 Å². The SMILES string of the molecule is CCn1cc(NC(=O)c2nn(C)c(C(F)(F)F)c2Br)c(C(=O)NCc2ccco2)n1. The number of alkyl halides is 3. The summed E-state index contributed by atoms with van der Waals surface area (Å²) >= 11 is 2.79. The van der Waals surface area contributed by atoms with E-state index in [4.69, 9.17) is 4.42 Å². The second-order valence-corrected chi connectivity index (χ2v) is 6.89. The van der Waals surface area contributed by atoms with Gasteiger partial charge in [-0.25, -0.2) is 0 Å². The number of nitrogens with one attached hydrogen (secondary N) is 2. The van der Waals surface area contributed by atoms with Crippen molar-refractivity contribution in [1.29, 1.82) is 0 Å². The molecule has 0 saturated heterocycles. The molecule has 3 aromatic rings. The van der Waals surface area contributed by atoms with E-state index in [0.29, 0.717) is 17.0 Å². The van der Waals surface area contributed by atoms with E-state index in [1.807, 2.05) is 0 Å². The van der Waals surface area contributed by atoms with Gasteiger partial charge in [-0.3, -0.25) is 19.0 Å². The van der Waals surface area contributed by atoms with Crippen LogP contribution >= 0.6 is 15.9 Å². The van der Waals surface area contributed by atoms with Gasteiger partial charge in [0.25, 0.3) is 11.8 Å². The van der Waals surface area contributed by atoms with E-state index in [2.05, 4.69) is 36.8 Å². The first-order valence-electron chi connectivity index (χ1n) is 8.60. The Hall–Kier alpha value is -3.09. The summed E-state index contributed by atoms with van der Waals surface area (Å²) in [5.41, 5.74) is -1.64. The number of hydrogen-bond acceptors (Lipinski definition) is 5. The molecule has 30 heavy (non-hydrogen) atoms. The van der Waals surface area contributed by atoms with Crippen molar-refractivity contribution < 1.29 is 27.2 Å². The van der Waals surface area contributed by atoms with Crippen LogP contribution in [0.2, 0.25) is 0 Å². The van der Waals surface area contributed by atoms with Crippen LogP contribution in [-0.2, 0) is 26.3 Å². The summed E-state index contributed by atoms with van der Waals surface area (Å²) < 4.78 is 46.0. The quantitative estimate of drug-likeness (QED) is 0.553. The molecule has 0 bridgehead atoms. The molecule has 3 heterocycles. The summed E-state index contributed by atoms with van der Waals surface area (Å²) in [5.74, 6) is -1.00. The second kappa shape index (κ2) is 8.34. The van der Waals surface area contributed by atoms with Gasteiger partial charge >= 0.3 is 6.18 Å². The fourth-order valence-electron chi connectivity index (χ4n) is 2.64. The number of aryl methyl sites for hydroxylation is 2. The minimum Gasteiger partial charge on any atom is -0.467 e. The van der Waals surface area contributed by atoms with Crippen molar-refractivity contribution in [1.82, 2.24) is 24.9 Å². The molecule has 3 aromatic heterocycles. The summed E-state index contributed by atoms with van der Waals surface area (Å²) in [6, 6.07) is 3.34. The lowest BCUT2D eigenvalue weighted by Crippen LogP contribution is -2.25. The highest BCUT2D eigenvalue weighted by Crippen LogP contribution is 2.36. The zero-order chi connectivity index (χ0) is 22.1. The number of rotatable bonds is 6. The van der Waals surface area contributed by atoms with Crippen LogP contribution in [0.3, 0.4) is 0 Å².